The molecule has 1 fully saturated rings. The second kappa shape index (κ2) is 9.38. The van der Waals surface area contributed by atoms with Crippen LogP contribution in [0, 0.1) is 0 Å². The molecule has 0 saturated heterocycles. The van der Waals surface area contributed by atoms with Crippen LogP contribution in [0.3, 0.4) is 0 Å². The van der Waals surface area contributed by atoms with Crippen molar-refractivity contribution in [3.05, 3.63) is 70.2 Å². The first-order valence-electron chi connectivity index (χ1n) is 10.1. The summed E-state index contributed by atoms with van der Waals surface area (Å²) < 4.78 is 0. The minimum Gasteiger partial charge on any atom is -0.352 e. The van der Waals surface area contributed by atoms with E-state index in [0.717, 1.165) is 36.3 Å². The molecule has 0 spiro atoms. The molecule has 0 unspecified atom stereocenters. The summed E-state index contributed by atoms with van der Waals surface area (Å²) in [6.45, 7) is 1.16. The Morgan fingerprint density at radius 1 is 1.17 bits per heavy atom. The molecule has 7 heteroatoms. The minimum absolute atomic E-state index is 0. The van der Waals surface area contributed by atoms with Gasteiger partial charge in [-0.1, -0.05) is 41.9 Å². The molecule has 2 amide bonds. The molecular formula is C23H27Cl2N3O2. The van der Waals surface area contributed by atoms with Crippen molar-refractivity contribution < 1.29 is 9.59 Å². The van der Waals surface area contributed by atoms with E-state index in [1.165, 1.54) is 5.56 Å². The Morgan fingerprint density at radius 2 is 1.90 bits per heavy atom. The molecule has 2 aliphatic rings. The van der Waals surface area contributed by atoms with Gasteiger partial charge in [0.15, 0.2) is 0 Å². The molecule has 3 N–H and O–H groups in total. The first-order chi connectivity index (χ1) is 14.0. The third-order valence-electron chi connectivity index (χ3n) is 6.37. The lowest BCUT2D eigenvalue weighted by Gasteiger charge is -2.40. The van der Waals surface area contributed by atoms with E-state index in [4.69, 9.17) is 17.3 Å². The predicted octanol–water partition coefficient (Wildman–Crippen LogP) is 3.67. The molecule has 0 atom stereocenters. The number of halogens is 2. The van der Waals surface area contributed by atoms with E-state index in [1.54, 1.807) is 4.90 Å². The number of rotatable bonds is 5. The van der Waals surface area contributed by atoms with Crippen LogP contribution < -0.4 is 11.1 Å². The Balaban J connectivity index is 0.00000256. The van der Waals surface area contributed by atoms with Crippen LogP contribution in [-0.2, 0) is 16.8 Å². The van der Waals surface area contributed by atoms with Gasteiger partial charge >= 0.3 is 0 Å². The SMILES string of the molecule is Cl.NC[C@]1(c2cccc(Cl)c2)CC[C@@H](NC(=O)CN2Cc3ccccc3C2=O)CC1. The summed E-state index contributed by atoms with van der Waals surface area (Å²) in [7, 11) is 0. The lowest BCUT2D eigenvalue weighted by molar-refractivity contribution is -0.122. The topological polar surface area (TPSA) is 75.4 Å². The number of nitrogens with two attached hydrogens (primary N) is 1. The van der Waals surface area contributed by atoms with Gasteiger partial charge in [-0.15, -0.1) is 12.4 Å². The van der Waals surface area contributed by atoms with Crippen molar-refractivity contribution >= 4 is 35.8 Å². The summed E-state index contributed by atoms with van der Waals surface area (Å²) in [5.41, 5.74) is 8.94. The van der Waals surface area contributed by atoms with Crippen LogP contribution in [0.15, 0.2) is 48.5 Å². The van der Waals surface area contributed by atoms with Crippen molar-refractivity contribution in [1.29, 1.82) is 0 Å². The summed E-state index contributed by atoms with van der Waals surface area (Å²) in [6, 6.07) is 15.6. The number of carbonyl (C=O) groups excluding carboxylic acids is 2. The van der Waals surface area contributed by atoms with Crippen molar-refractivity contribution in [3.8, 4) is 0 Å². The summed E-state index contributed by atoms with van der Waals surface area (Å²) in [5.74, 6) is -0.165. The fraction of sp³-hybridized carbons (Fsp3) is 0.391. The van der Waals surface area contributed by atoms with Crippen molar-refractivity contribution in [2.75, 3.05) is 13.1 Å². The van der Waals surface area contributed by atoms with Crippen LogP contribution in [0.4, 0.5) is 0 Å². The van der Waals surface area contributed by atoms with Gasteiger partial charge in [0.05, 0.1) is 0 Å². The maximum atomic E-state index is 12.6. The lowest BCUT2D eigenvalue weighted by atomic mass is 9.68. The van der Waals surface area contributed by atoms with Crippen LogP contribution in [0.25, 0.3) is 0 Å². The maximum Gasteiger partial charge on any atom is 0.254 e. The van der Waals surface area contributed by atoms with Crippen LogP contribution in [0.5, 0.6) is 0 Å². The van der Waals surface area contributed by atoms with E-state index in [2.05, 4.69) is 11.4 Å². The molecule has 1 saturated carbocycles. The molecule has 0 aromatic heterocycles. The fourth-order valence-electron chi connectivity index (χ4n) is 4.63. The van der Waals surface area contributed by atoms with Gasteiger partial charge in [0.25, 0.3) is 5.91 Å². The summed E-state index contributed by atoms with van der Waals surface area (Å²) in [4.78, 5) is 26.6. The van der Waals surface area contributed by atoms with E-state index in [1.807, 2.05) is 42.5 Å². The zero-order chi connectivity index (χ0) is 20.4. The third kappa shape index (κ3) is 4.48. The molecule has 2 aromatic rings. The van der Waals surface area contributed by atoms with Crippen LogP contribution >= 0.6 is 24.0 Å². The molecule has 2 aromatic carbocycles. The first-order valence-corrected chi connectivity index (χ1v) is 10.5. The Kier molecular flexibility index (Phi) is 7.06. The number of benzene rings is 2. The number of fused-ring (bicyclic) bond motifs is 1. The quantitative estimate of drug-likeness (QED) is 0.733. The monoisotopic (exact) mass is 447 g/mol. The number of nitrogens with zero attached hydrogens (tertiary/aromatic N) is 1. The predicted molar refractivity (Wildman–Crippen MR) is 121 cm³/mol. The van der Waals surface area contributed by atoms with Crippen LogP contribution in [-0.4, -0.2) is 35.8 Å². The number of amides is 2. The van der Waals surface area contributed by atoms with Crippen molar-refractivity contribution in [3.63, 3.8) is 0 Å². The minimum atomic E-state index is -0.0980. The van der Waals surface area contributed by atoms with Gasteiger partial charge in [0, 0.05) is 35.1 Å². The Labute approximate surface area is 188 Å². The van der Waals surface area contributed by atoms with Crippen molar-refractivity contribution in [2.24, 2.45) is 5.73 Å². The molecule has 1 aliphatic heterocycles. The summed E-state index contributed by atoms with van der Waals surface area (Å²) in [5, 5.41) is 3.84. The highest BCUT2D eigenvalue weighted by Gasteiger charge is 2.36. The normalized spacial score (nSPS) is 22.9. The highest BCUT2D eigenvalue weighted by atomic mass is 35.5. The lowest BCUT2D eigenvalue weighted by Crippen LogP contribution is -2.47. The number of nitrogens with one attached hydrogen (secondary N) is 1. The molecule has 4 rings (SSSR count). The first kappa shape index (κ1) is 22.6. The average Bonchev–Trinajstić information content (AvgIpc) is 3.04. The van der Waals surface area contributed by atoms with Crippen molar-refractivity contribution in [2.45, 2.75) is 43.7 Å². The van der Waals surface area contributed by atoms with Gasteiger partial charge in [-0.05, 0) is 55.0 Å². The van der Waals surface area contributed by atoms with E-state index in [-0.39, 0.29) is 42.2 Å². The van der Waals surface area contributed by atoms with Crippen molar-refractivity contribution in [1.82, 2.24) is 10.2 Å². The van der Waals surface area contributed by atoms with E-state index < -0.39 is 0 Å². The molecule has 1 heterocycles. The van der Waals surface area contributed by atoms with Gasteiger partial charge in [-0.25, -0.2) is 0 Å². The highest BCUT2D eigenvalue weighted by molar-refractivity contribution is 6.30. The Bertz CT molecular complexity index is 926. The summed E-state index contributed by atoms with van der Waals surface area (Å²) >= 11 is 6.18. The van der Waals surface area contributed by atoms with Gasteiger partial charge in [-0.3, -0.25) is 9.59 Å². The Hall–Kier alpha value is -2.08. The second-order valence-corrected chi connectivity index (χ2v) is 8.59. The van der Waals surface area contributed by atoms with Gasteiger partial charge < -0.3 is 16.0 Å². The maximum absolute atomic E-state index is 12.6. The second-order valence-electron chi connectivity index (χ2n) is 8.15. The average molecular weight is 448 g/mol. The van der Waals surface area contributed by atoms with Gasteiger partial charge in [0.1, 0.15) is 6.54 Å². The third-order valence-corrected chi connectivity index (χ3v) is 6.60. The van der Waals surface area contributed by atoms with Crippen LogP contribution in [0.2, 0.25) is 5.02 Å². The largest absolute Gasteiger partial charge is 0.352 e. The molecule has 160 valence electrons. The van der Waals surface area contributed by atoms with Gasteiger partial charge in [-0.2, -0.15) is 0 Å². The molecule has 1 aliphatic carbocycles. The molecule has 0 radical (unpaired) electrons. The molecule has 5 nitrogen and oxygen atoms in total. The smallest absolute Gasteiger partial charge is 0.254 e. The zero-order valence-corrected chi connectivity index (χ0v) is 18.3. The van der Waals surface area contributed by atoms with Crippen LogP contribution in [0.1, 0.15) is 47.2 Å². The summed E-state index contributed by atoms with van der Waals surface area (Å²) in [6.07, 6.45) is 3.54. The number of hydrogen-bond acceptors (Lipinski definition) is 3. The standard InChI is InChI=1S/C23H26ClN3O2.ClH/c24-18-6-3-5-17(12-18)23(15-25)10-8-19(9-11-23)26-21(28)14-27-13-16-4-1-2-7-20(16)22(27)29;/h1-7,12,19H,8-11,13-15,25H2,(H,26,28);1H/t19-,23+;. The number of carbonyl (C=O) groups is 2. The zero-order valence-electron chi connectivity index (χ0n) is 16.8. The van der Waals surface area contributed by atoms with Gasteiger partial charge in [0.2, 0.25) is 5.91 Å². The molecule has 0 bridgehead atoms. The highest BCUT2D eigenvalue weighted by Crippen LogP contribution is 2.39. The van der Waals surface area contributed by atoms with E-state index >= 15 is 0 Å². The van der Waals surface area contributed by atoms with E-state index in [0.29, 0.717) is 18.7 Å². The fourth-order valence-corrected chi connectivity index (χ4v) is 4.82. The molecule has 30 heavy (non-hydrogen) atoms. The number of hydrogen-bond donors (Lipinski definition) is 2. The van der Waals surface area contributed by atoms with E-state index in [9.17, 15) is 9.59 Å². The molecular weight excluding hydrogens is 421 g/mol. The Morgan fingerprint density at radius 3 is 2.57 bits per heavy atom.